The van der Waals surface area contributed by atoms with Crippen molar-refractivity contribution in [2.45, 2.75) is 32.8 Å². The molecule has 146 valence electrons. The van der Waals surface area contributed by atoms with Crippen LogP contribution in [0.15, 0.2) is 54.2 Å². The quantitative estimate of drug-likeness (QED) is 0.246. The molecule has 0 bridgehead atoms. The third-order valence-electron chi connectivity index (χ3n) is 3.48. The van der Waals surface area contributed by atoms with Crippen LogP contribution in [0, 0.1) is 0 Å². The van der Waals surface area contributed by atoms with E-state index < -0.39 is 18.0 Å². The first-order valence-corrected chi connectivity index (χ1v) is 8.94. The lowest BCUT2D eigenvalue weighted by atomic mass is 10.0. The second-order valence-corrected chi connectivity index (χ2v) is 6.78. The van der Waals surface area contributed by atoms with Crippen molar-refractivity contribution in [3.05, 3.63) is 64.2 Å². The summed E-state index contributed by atoms with van der Waals surface area (Å²) < 4.78 is 10.8. The van der Waals surface area contributed by atoms with Crippen molar-refractivity contribution in [1.29, 1.82) is 0 Å². The number of aliphatic carboxylic acids is 1. The van der Waals surface area contributed by atoms with Gasteiger partial charge in [-0.25, -0.2) is 9.59 Å². The minimum absolute atomic E-state index is 0.290. The fourth-order valence-corrected chi connectivity index (χ4v) is 2.53. The van der Waals surface area contributed by atoms with E-state index in [-0.39, 0.29) is 6.61 Å². The summed E-state index contributed by atoms with van der Waals surface area (Å²) in [6.45, 7) is 7.20. The highest BCUT2D eigenvalue weighted by Crippen LogP contribution is 2.27. The summed E-state index contributed by atoms with van der Waals surface area (Å²) in [4.78, 5) is 22.5. The van der Waals surface area contributed by atoms with Gasteiger partial charge in [0.1, 0.15) is 11.9 Å². The van der Waals surface area contributed by atoms with Gasteiger partial charge in [-0.2, -0.15) is 0 Å². The van der Waals surface area contributed by atoms with E-state index in [1.54, 1.807) is 25.1 Å². The van der Waals surface area contributed by atoms with E-state index >= 15 is 0 Å². The Hall–Kier alpha value is -2.24. The monoisotopic (exact) mass is 412 g/mol. The number of allylic oxidation sites excluding steroid dienone is 3. The summed E-state index contributed by atoms with van der Waals surface area (Å²) in [5.74, 6) is -1.20. The molecule has 1 rings (SSSR count). The first-order chi connectivity index (χ1) is 12.7. The van der Waals surface area contributed by atoms with Gasteiger partial charge in [0.05, 0.1) is 5.02 Å². The van der Waals surface area contributed by atoms with Crippen LogP contribution in [0.5, 0.6) is 5.75 Å². The fourth-order valence-electron chi connectivity index (χ4n) is 2.06. The summed E-state index contributed by atoms with van der Waals surface area (Å²) in [5.41, 5.74) is 1.67. The Balaban J connectivity index is 2.54. The maximum absolute atomic E-state index is 12.1. The zero-order chi connectivity index (χ0) is 20.4. The van der Waals surface area contributed by atoms with E-state index in [2.05, 4.69) is 6.58 Å². The molecule has 0 heterocycles. The molecule has 0 amide bonds. The second-order valence-electron chi connectivity index (χ2n) is 5.94. The van der Waals surface area contributed by atoms with Crippen molar-refractivity contribution >= 4 is 35.1 Å². The van der Waals surface area contributed by atoms with Crippen LogP contribution in [0.3, 0.4) is 0 Å². The van der Waals surface area contributed by atoms with Crippen molar-refractivity contribution < 1.29 is 24.2 Å². The van der Waals surface area contributed by atoms with Gasteiger partial charge in [-0.15, -0.1) is 0 Å². The zero-order valence-electron chi connectivity index (χ0n) is 15.2. The molecule has 0 aliphatic heterocycles. The highest BCUT2D eigenvalue weighted by molar-refractivity contribution is 6.35. The van der Waals surface area contributed by atoms with Gasteiger partial charge in [0.25, 0.3) is 0 Å². The van der Waals surface area contributed by atoms with Gasteiger partial charge < -0.3 is 14.6 Å². The van der Waals surface area contributed by atoms with Crippen LogP contribution in [-0.2, 0) is 14.3 Å². The molecule has 0 aliphatic rings. The van der Waals surface area contributed by atoms with Crippen LogP contribution in [0.1, 0.15) is 26.7 Å². The van der Waals surface area contributed by atoms with Crippen molar-refractivity contribution in [2.75, 3.05) is 6.61 Å². The van der Waals surface area contributed by atoms with Crippen molar-refractivity contribution in [3.63, 3.8) is 0 Å². The van der Waals surface area contributed by atoms with E-state index in [4.69, 9.17) is 37.8 Å². The summed E-state index contributed by atoms with van der Waals surface area (Å²) in [5, 5.41) is 9.35. The van der Waals surface area contributed by atoms with Gasteiger partial charge in [-0.1, -0.05) is 47.5 Å². The Morgan fingerprint density at radius 1 is 1.30 bits per heavy atom. The predicted octanol–water partition coefficient (Wildman–Crippen LogP) is 5.23. The molecular weight excluding hydrogens is 391 g/mol. The van der Waals surface area contributed by atoms with E-state index in [1.165, 1.54) is 12.1 Å². The first kappa shape index (κ1) is 22.8. The number of carbonyl (C=O) groups is 2. The van der Waals surface area contributed by atoms with Crippen LogP contribution in [0.25, 0.3) is 0 Å². The summed E-state index contributed by atoms with van der Waals surface area (Å²) in [6.07, 6.45) is 4.91. The number of halogens is 2. The lowest BCUT2D eigenvalue weighted by Gasteiger charge is -2.18. The molecule has 1 aromatic carbocycles. The number of hydrogen-bond acceptors (Lipinski definition) is 4. The van der Waals surface area contributed by atoms with Gasteiger partial charge in [-0.3, -0.25) is 0 Å². The maximum Gasteiger partial charge on any atom is 0.344 e. The highest BCUT2D eigenvalue weighted by Gasteiger charge is 2.16. The molecular formula is C20H22Cl2O5. The molecule has 0 spiro atoms. The van der Waals surface area contributed by atoms with Gasteiger partial charge in [0, 0.05) is 11.1 Å². The van der Waals surface area contributed by atoms with Gasteiger partial charge in [0.2, 0.25) is 0 Å². The molecule has 0 saturated carbocycles. The molecule has 0 saturated heterocycles. The Morgan fingerprint density at radius 3 is 2.59 bits per heavy atom. The lowest BCUT2D eigenvalue weighted by molar-refractivity contribution is -0.150. The number of benzene rings is 1. The fraction of sp³-hybridized carbons (Fsp3) is 0.300. The third kappa shape index (κ3) is 9.31. The second kappa shape index (κ2) is 11.5. The van der Waals surface area contributed by atoms with Crippen LogP contribution in [-0.4, -0.2) is 29.8 Å². The Morgan fingerprint density at radius 2 is 2.00 bits per heavy atom. The SMILES string of the molecule is C=C(C)C(CC/C(C)=C/C=C/C(=O)O)OC(=O)COc1ccc(Cl)cc1Cl. The highest BCUT2D eigenvalue weighted by atomic mass is 35.5. The van der Waals surface area contributed by atoms with Gasteiger partial charge in [-0.05, 0) is 50.5 Å². The number of rotatable bonds is 10. The van der Waals surface area contributed by atoms with Gasteiger partial charge >= 0.3 is 11.9 Å². The van der Waals surface area contributed by atoms with Crippen molar-refractivity contribution in [2.24, 2.45) is 0 Å². The number of carboxylic acid groups (broad SMARTS) is 1. The normalized spacial score (nSPS) is 12.7. The molecule has 5 nitrogen and oxygen atoms in total. The zero-order valence-corrected chi connectivity index (χ0v) is 16.7. The van der Waals surface area contributed by atoms with Crippen LogP contribution in [0.4, 0.5) is 0 Å². The number of ether oxygens (including phenoxy) is 2. The number of esters is 1. The molecule has 27 heavy (non-hydrogen) atoms. The van der Waals surface area contributed by atoms with Crippen LogP contribution < -0.4 is 4.74 Å². The minimum atomic E-state index is -1.01. The van der Waals surface area contributed by atoms with Crippen molar-refractivity contribution in [3.8, 4) is 5.75 Å². The van der Waals surface area contributed by atoms with E-state index in [1.807, 2.05) is 6.92 Å². The lowest BCUT2D eigenvalue weighted by Crippen LogP contribution is -2.23. The smallest absolute Gasteiger partial charge is 0.344 e. The minimum Gasteiger partial charge on any atom is -0.480 e. The molecule has 1 N–H and O–H groups in total. The average Bonchev–Trinajstić information content (AvgIpc) is 2.57. The standard InChI is InChI=1S/C20H22Cl2O5/c1-13(2)17(9-7-14(3)5-4-6-19(23)24)27-20(25)12-26-18-10-8-15(21)11-16(18)22/h4-6,8,10-11,17H,1,7,9,12H2,2-3H3,(H,23,24)/b6-4+,14-5+. The molecule has 1 atom stereocenters. The third-order valence-corrected chi connectivity index (χ3v) is 4.01. The molecule has 1 unspecified atom stereocenters. The van der Waals surface area contributed by atoms with Gasteiger partial charge in [0.15, 0.2) is 6.61 Å². The molecule has 0 aromatic heterocycles. The first-order valence-electron chi connectivity index (χ1n) is 8.18. The van der Waals surface area contributed by atoms with E-state index in [0.29, 0.717) is 34.2 Å². The largest absolute Gasteiger partial charge is 0.480 e. The average molecular weight is 413 g/mol. The van der Waals surface area contributed by atoms with Crippen LogP contribution >= 0.6 is 23.2 Å². The number of carbonyl (C=O) groups excluding carboxylic acids is 1. The number of carboxylic acids is 1. The molecule has 1 aromatic rings. The Labute approximate surface area is 168 Å². The Bertz CT molecular complexity index is 753. The maximum atomic E-state index is 12.1. The molecule has 0 radical (unpaired) electrons. The van der Waals surface area contributed by atoms with Crippen molar-refractivity contribution in [1.82, 2.24) is 0 Å². The molecule has 0 aliphatic carbocycles. The summed E-state index contributed by atoms with van der Waals surface area (Å²) in [7, 11) is 0. The van der Waals surface area contributed by atoms with E-state index in [0.717, 1.165) is 11.6 Å². The van der Waals surface area contributed by atoms with E-state index in [9.17, 15) is 9.59 Å². The summed E-state index contributed by atoms with van der Waals surface area (Å²) in [6, 6.07) is 4.71. The number of hydrogen-bond donors (Lipinski definition) is 1. The topological polar surface area (TPSA) is 72.8 Å². The predicted molar refractivity (Wildman–Crippen MR) is 106 cm³/mol. The molecule has 7 heteroatoms. The molecule has 0 fully saturated rings. The van der Waals surface area contributed by atoms with Crippen LogP contribution in [0.2, 0.25) is 10.0 Å². The summed E-state index contributed by atoms with van der Waals surface area (Å²) >= 11 is 11.8. The Kier molecular flexibility index (Phi) is 9.68.